The third kappa shape index (κ3) is 3.20. The van der Waals surface area contributed by atoms with Gasteiger partial charge in [0.25, 0.3) is 0 Å². The number of carbonyl (C=O) groups excluding carboxylic acids is 1. The first kappa shape index (κ1) is 18.7. The Kier molecular flexibility index (Phi) is 4.58. The Morgan fingerprint density at radius 3 is 2.54 bits per heavy atom. The molecular formula is C25H36N2O. The molecule has 3 heteroatoms. The highest BCUT2D eigenvalue weighted by molar-refractivity contribution is 5.83. The number of hydrogen-bond donors (Lipinski definition) is 1. The van der Waals surface area contributed by atoms with Crippen molar-refractivity contribution in [3.05, 3.63) is 35.9 Å². The lowest BCUT2D eigenvalue weighted by Crippen LogP contribution is -2.60. The molecule has 5 fully saturated rings. The lowest BCUT2D eigenvalue weighted by atomic mass is 9.50. The summed E-state index contributed by atoms with van der Waals surface area (Å²) in [6, 6.07) is 11.5. The van der Waals surface area contributed by atoms with Gasteiger partial charge in [-0.05, 0) is 86.8 Å². The molecule has 4 bridgehead atoms. The summed E-state index contributed by atoms with van der Waals surface area (Å²) in [5.74, 6) is 2.48. The molecule has 6 rings (SSSR count). The highest BCUT2D eigenvalue weighted by Crippen LogP contribution is 2.58. The fourth-order valence-electron chi connectivity index (χ4n) is 7.57. The maximum Gasteiger partial charge on any atom is 0.226 e. The Balaban J connectivity index is 1.39. The van der Waals surface area contributed by atoms with Crippen LogP contribution >= 0.6 is 0 Å². The second kappa shape index (κ2) is 6.86. The molecule has 1 aromatic carbocycles. The second-order valence-corrected chi connectivity index (χ2v) is 10.9. The predicted molar refractivity (Wildman–Crippen MR) is 113 cm³/mol. The van der Waals surface area contributed by atoms with E-state index in [9.17, 15) is 4.79 Å². The van der Waals surface area contributed by atoms with Gasteiger partial charge in [0.15, 0.2) is 0 Å². The van der Waals surface area contributed by atoms with E-state index >= 15 is 0 Å². The van der Waals surface area contributed by atoms with Crippen LogP contribution in [0.25, 0.3) is 0 Å². The Morgan fingerprint density at radius 1 is 1.11 bits per heavy atom. The Labute approximate surface area is 170 Å². The van der Waals surface area contributed by atoms with Crippen molar-refractivity contribution in [1.82, 2.24) is 10.2 Å². The molecule has 5 aliphatic rings. The van der Waals surface area contributed by atoms with Gasteiger partial charge in [-0.1, -0.05) is 44.2 Å². The summed E-state index contributed by atoms with van der Waals surface area (Å²) >= 11 is 0. The number of nitrogens with one attached hydrogen (secondary N) is 1. The summed E-state index contributed by atoms with van der Waals surface area (Å²) in [6.45, 7) is 8.21. The molecule has 3 saturated heterocycles. The average molecular weight is 381 g/mol. The Bertz CT molecular complexity index is 721. The third-order valence-electron chi connectivity index (χ3n) is 8.53. The SMILES string of the molecule is C[C@H]1CC2CC(C)(C(=O)N[C@H]3CN4CCC3CC4)C[C@@](c3ccccc3)(C2)C1. The molecule has 1 amide bonds. The van der Waals surface area contributed by atoms with Crippen LogP contribution in [0, 0.1) is 23.2 Å². The fourth-order valence-corrected chi connectivity index (χ4v) is 7.57. The number of hydrogen-bond acceptors (Lipinski definition) is 2. The van der Waals surface area contributed by atoms with Crippen LogP contribution in [-0.2, 0) is 10.2 Å². The van der Waals surface area contributed by atoms with Crippen molar-refractivity contribution in [3.8, 4) is 0 Å². The zero-order valence-electron chi connectivity index (χ0n) is 17.6. The molecular weight excluding hydrogens is 344 g/mol. The number of amides is 1. The third-order valence-corrected chi connectivity index (χ3v) is 8.53. The standard InChI is InChI=1S/C25H36N2O/c1-18-12-19-14-24(2,17-25(13-18,15-19)21-6-4-3-5-7-21)23(28)26-22-16-27-10-8-20(22)9-11-27/h3-7,18-20,22H,8-17H2,1-2H3,(H,26,28)/t18-,19?,22-,24?,25-/m0/s1. The first-order chi connectivity index (χ1) is 13.5. The highest BCUT2D eigenvalue weighted by Gasteiger charge is 2.53. The minimum Gasteiger partial charge on any atom is -0.351 e. The molecule has 3 aliphatic heterocycles. The molecule has 2 unspecified atom stereocenters. The largest absolute Gasteiger partial charge is 0.351 e. The van der Waals surface area contributed by atoms with Crippen molar-refractivity contribution >= 4 is 5.91 Å². The van der Waals surface area contributed by atoms with Crippen molar-refractivity contribution in [2.75, 3.05) is 19.6 Å². The highest BCUT2D eigenvalue weighted by atomic mass is 16.2. The lowest BCUT2D eigenvalue weighted by Gasteiger charge is -2.55. The van der Waals surface area contributed by atoms with Crippen molar-refractivity contribution < 1.29 is 4.79 Å². The first-order valence-electron chi connectivity index (χ1n) is 11.5. The Morgan fingerprint density at radius 2 is 1.86 bits per heavy atom. The minimum atomic E-state index is -0.231. The molecule has 28 heavy (non-hydrogen) atoms. The second-order valence-electron chi connectivity index (χ2n) is 10.9. The smallest absolute Gasteiger partial charge is 0.226 e. The van der Waals surface area contributed by atoms with Gasteiger partial charge in [0, 0.05) is 18.0 Å². The number of piperidine rings is 3. The summed E-state index contributed by atoms with van der Waals surface area (Å²) in [6.07, 6.45) is 8.39. The van der Waals surface area contributed by atoms with Crippen LogP contribution < -0.4 is 5.32 Å². The van der Waals surface area contributed by atoms with Crippen molar-refractivity contribution in [1.29, 1.82) is 0 Å². The molecule has 0 aromatic heterocycles. The summed E-state index contributed by atoms with van der Waals surface area (Å²) in [5, 5.41) is 3.55. The number of fused-ring (bicyclic) bond motifs is 5. The summed E-state index contributed by atoms with van der Waals surface area (Å²) in [4.78, 5) is 16.2. The van der Waals surface area contributed by atoms with E-state index in [1.54, 1.807) is 0 Å². The molecule has 3 heterocycles. The van der Waals surface area contributed by atoms with Crippen LogP contribution in [0.4, 0.5) is 0 Å². The number of rotatable bonds is 3. The van der Waals surface area contributed by atoms with E-state index in [0.29, 0.717) is 23.8 Å². The van der Waals surface area contributed by atoms with Gasteiger partial charge >= 0.3 is 0 Å². The number of carbonyl (C=O) groups is 1. The van der Waals surface area contributed by atoms with Crippen LogP contribution in [-0.4, -0.2) is 36.5 Å². The van der Waals surface area contributed by atoms with Gasteiger partial charge in [0.2, 0.25) is 5.91 Å². The number of benzene rings is 1. The fraction of sp³-hybridized carbons (Fsp3) is 0.720. The quantitative estimate of drug-likeness (QED) is 0.844. The first-order valence-corrected chi connectivity index (χ1v) is 11.5. The van der Waals surface area contributed by atoms with Gasteiger partial charge < -0.3 is 10.2 Å². The maximum absolute atomic E-state index is 13.6. The zero-order valence-corrected chi connectivity index (χ0v) is 17.6. The molecule has 0 spiro atoms. The molecule has 5 atom stereocenters. The predicted octanol–water partition coefficient (Wildman–Crippen LogP) is 4.37. The van der Waals surface area contributed by atoms with Gasteiger partial charge in [-0.25, -0.2) is 0 Å². The number of nitrogens with zero attached hydrogens (tertiary/aromatic N) is 1. The average Bonchev–Trinajstić information content (AvgIpc) is 2.68. The van der Waals surface area contributed by atoms with Crippen molar-refractivity contribution in [2.24, 2.45) is 23.2 Å². The van der Waals surface area contributed by atoms with Gasteiger partial charge in [-0.2, -0.15) is 0 Å². The van der Waals surface area contributed by atoms with Crippen LogP contribution in [0.2, 0.25) is 0 Å². The van der Waals surface area contributed by atoms with E-state index in [-0.39, 0.29) is 10.8 Å². The Hall–Kier alpha value is -1.35. The summed E-state index contributed by atoms with van der Waals surface area (Å²) in [5.41, 5.74) is 1.42. The van der Waals surface area contributed by atoms with Gasteiger partial charge in [-0.3, -0.25) is 4.79 Å². The van der Waals surface area contributed by atoms with Crippen LogP contribution in [0.15, 0.2) is 30.3 Å². The zero-order chi connectivity index (χ0) is 19.4. The van der Waals surface area contributed by atoms with Crippen LogP contribution in [0.1, 0.15) is 64.4 Å². The molecule has 152 valence electrons. The van der Waals surface area contributed by atoms with E-state index in [1.165, 1.54) is 50.8 Å². The van der Waals surface area contributed by atoms with Gasteiger partial charge in [0.1, 0.15) is 0 Å². The van der Waals surface area contributed by atoms with Crippen molar-refractivity contribution in [3.63, 3.8) is 0 Å². The minimum absolute atomic E-state index is 0.184. The molecule has 0 radical (unpaired) electrons. The van der Waals surface area contributed by atoms with E-state index in [1.807, 2.05) is 0 Å². The van der Waals surface area contributed by atoms with E-state index < -0.39 is 0 Å². The molecule has 2 aliphatic carbocycles. The summed E-state index contributed by atoms with van der Waals surface area (Å²) in [7, 11) is 0. The molecule has 1 aromatic rings. The van der Waals surface area contributed by atoms with Crippen LogP contribution in [0.3, 0.4) is 0 Å². The van der Waals surface area contributed by atoms with Crippen molar-refractivity contribution in [2.45, 2.75) is 70.3 Å². The molecule has 2 saturated carbocycles. The van der Waals surface area contributed by atoms with Gasteiger partial charge in [-0.15, -0.1) is 0 Å². The maximum atomic E-state index is 13.6. The molecule has 3 nitrogen and oxygen atoms in total. The van der Waals surface area contributed by atoms with Gasteiger partial charge in [0.05, 0.1) is 0 Å². The topological polar surface area (TPSA) is 32.3 Å². The molecule has 1 N–H and O–H groups in total. The summed E-state index contributed by atoms with van der Waals surface area (Å²) < 4.78 is 0. The normalized spacial score (nSPS) is 44.9. The van der Waals surface area contributed by atoms with E-state index in [0.717, 1.165) is 25.3 Å². The monoisotopic (exact) mass is 380 g/mol. The van der Waals surface area contributed by atoms with Crippen LogP contribution in [0.5, 0.6) is 0 Å². The lowest BCUT2D eigenvalue weighted by molar-refractivity contribution is -0.138. The van der Waals surface area contributed by atoms with E-state index in [4.69, 9.17) is 0 Å². The van der Waals surface area contributed by atoms with E-state index in [2.05, 4.69) is 54.4 Å².